The second-order valence-electron chi connectivity index (χ2n) is 12.8. The largest absolute Gasteiger partial charge is 0.507 e. The molecule has 1 aliphatic carbocycles. The predicted octanol–water partition coefficient (Wildman–Crippen LogP) is 7.64. The minimum atomic E-state index is -3.96. The highest BCUT2D eigenvalue weighted by Crippen LogP contribution is 2.35. The number of anilines is 1. The lowest BCUT2D eigenvalue weighted by molar-refractivity contribution is -0.112. The number of carbonyl (C=O) groups excluding carboxylic acids is 1. The summed E-state index contributed by atoms with van der Waals surface area (Å²) in [5.41, 5.74) is 10.5. The maximum absolute atomic E-state index is 14.2. The van der Waals surface area contributed by atoms with E-state index in [1.54, 1.807) is 0 Å². The van der Waals surface area contributed by atoms with Crippen molar-refractivity contribution in [1.82, 2.24) is 0 Å². The van der Waals surface area contributed by atoms with E-state index >= 15 is 0 Å². The fourth-order valence-corrected chi connectivity index (χ4v) is 6.97. The van der Waals surface area contributed by atoms with E-state index in [2.05, 4.69) is 0 Å². The third kappa shape index (κ3) is 8.62. The Labute approximate surface area is 285 Å². The summed E-state index contributed by atoms with van der Waals surface area (Å²) in [5.74, 6) is 0.204. The molecule has 0 saturated carbocycles. The third-order valence-corrected chi connectivity index (χ3v) is 10.1. The molecule has 0 aliphatic heterocycles. The minimum Gasteiger partial charge on any atom is -0.507 e. The first-order chi connectivity index (χ1) is 22.6. The van der Waals surface area contributed by atoms with Crippen LogP contribution >= 0.6 is 0 Å². The predicted molar refractivity (Wildman–Crippen MR) is 195 cm³/mol. The zero-order valence-corrected chi connectivity index (χ0v) is 30.0. The number of aromatic hydroxyl groups is 2. The van der Waals surface area contributed by atoms with Crippen molar-refractivity contribution >= 4 is 33.0 Å². The number of unbranched alkanes of at least 4 members (excludes halogenated alkanes) is 1. The third-order valence-electron chi connectivity index (χ3n) is 9.28. The Balaban J connectivity index is 1.72. The van der Waals surface area contributed by atoms with E-state index in [9.17, 15) is 23.4 Å². The van der Waals surface area contributed by atoms with E-state index in [4.69, 9.17) is 9.55 Å². The molecule has 3 aromatic carbocycles. The van der Waals surface area contributed by atoms with Gasteiger partial charge in [0.15, 0.2) is 5.78 Å². The van der Waals surface area contributed by atoms with Gasteiger partial charge in [-0.1, -0.05) is 37.6 Å². The Morgan fingerprint density at radius 3 is 2.12 bits per heavy atom. The number of aliphatic imine (C=N–C) groups is 1. The van der Waals surface area contributed by atoms with Gasteiger partial charge < -0.3 is 15.1 Å². The number of hydrogen-bond acceptors (Lipinski definition) is 7. The standard InChI is InChI=1S/C39H48N2O6S/c1-8-28-18-24(3)19-30(38(28)43)22-35-27(6)36(23-31(39(35)44)21-29-20-25(4)37(42)34(9-2)26(29)5)40-32-12-14-33(15-13-32)41(7)16-10-11-17-48(45,46)47/h12-15,18-20,23,42-43H,8-11,16-17,21-22H2,1-7H3,(H,45,46,47). The molecule has 0 radical (unpaired) electrons. The van der Waals surface area contributed by atoms with Gasteiger partial charge in [-0.05, 0) is 123 Å². The summed E-state index contributed by atoms with van der Waals surface area (Å²) in [6, 6.07) is 13.6. The number of Topliss-reactive ketones (excluding diaryl/α,β-unsaturated/α-hetero) is 1. The average molecular weight is 673 g/mol. The van der Waals surface area contributed by atoms with Crippen molar-refractivity contribution in [1.29, 1.82) is 0 Å². The highest BCUT2D eigenvalue weighted by molar-refractivity contribution is 7.85. The molecule has 0 unspecified atom stereocenters. The van der Waals surface area contributed by atoms with E-state index in [1.165, 1.54) is 0 Å². The maximum Gasteiger partial charge on any atom is 0.264 e. The summed E-state index contributed by atoms with van der Waals surface area (Å²) >= 11 is 0. The van der Waals surface area contributed by atoms with E-state index in [0.717, 1.165) is 44.6 Å². The molecule has 1 aliphatic rings. The monoisotopic (exact) mass is 672 g/mol. The second-order valence-corrected chi connectivity index (χ2v) is 14.4. The highest BCUT2D eigenvalue weighted by Gasteiger charge is 2.27. The van der Waals surface area contributed by atoms with Gasteiger partial charge in [-0.2, -0.15) is 8.42 Å². The second kappa shape index (κ2) is 15.3. The number of aryl methyl sites for hydroxylation is 3. The van der Waals surface area contributed by atoms with Crippen LogP contribution in [0.5, 0.6) is 11.5 Å². The van der Waals surface area contributed by atoms with Gasteiger partial charge in [0, 0.05) is 43.3 Å². The SMILES string of the molecule is CCc1cc(C)cc(CC2=C(C)C(=Nc3ccc(N(C)CCCCS(=O)(=O)O)cc3)C=C(Cc3cc(C)c(O)c(CC)c3C)C2=O)c1O. The van der Waals surface area contributed by atoms with Gasteiger partial charge in [0.1, 0.15) is 11.5 Å². The molecule has 9 heteroatoms. The number of benzene rings is 3. The molecule has 0 spiro atoms. The normalized spacial score (nSPS) is 14.5. The van der Waals surface area contributed by atoms with Crippen molar-refractivity contribution in [3.8, 4) is 11.5 Å². The Morgan fingerprint density at radius 1 is 0.833 bits per heavy atom. The van der Waals surface area contributed by atoms with Gasteiger partial charge in [-0.3, -0.25) is 9.35 Å². The van der Waals surface area contributed by atoms with Gasteiger partial charge in [0.05, 0.1) is 17.2 Å². The van der Waals surface area contributed by atoms with Crippen LogP contribution < -0.4 is 4.90 Å². The van der Waals surface area contributed by atoms with Crippen LogP contribution in [0.3, 0.4) is 0 Å². The van der Waals surface area contributed by atoms with Crippen LogP contribution in [0.25, 0.3) is 0 Å². The fourth-order valence-electron chi connectivity index (χ4n) is 6.40. The molecular weight excluding hydrogens is 625 g/mol. The Morgan fingerprint density at radius 2 is 1.50 bits per heavy atom. The molecule has 0 fully saturated rings. The maximum atomic E-state index is 14.2. The molecule has 0 heterocycles. The van der Waals surface area contributed by atoms with Crippen LogP contribution in [0.1, 0.15) is 72.6 Å². The molecule has 0 aromatic heterocycles. The minimum absolute atomic E-state index is 0.0699. The quantitative estimate of drug-likeness (QED) is 0.0968. The van der Waals surface area contributed by atoms with Gasteiger partial charge in [0.2, 0.25) is 0 Å². The van der Waals surface area contributed by atoms with Gasteiger partial charge in [-0.25, -0.2) is 4.99 Å². The molecule has 8 nitrogen and oxygen atoms in total. The van der Waals surface area contributed by atoms with Crippen molar-refractivity contribution < 1.29 is 28.0 Å². The molecule has 48 heavy (non-hydrogen) atoms. The first-order valence-corrected chi connectivity index (χ1v) is 18.2. The molecule has 3 aromatic rings. The molecule has 0 saturated heterocycles. The van der Waals surface area contributed by atoms with E-state index in [-0.39, 0.29) is 23.7 Å². The Kier molecular flexibility index (Phi) is 11.7. The number of phenolic OH excluding ortho intramolecular Hbond substituents is 2. The molecule has 0 amide bonds. The summed E-state index contributed by atoms with van der Waals surface area (Å²) in [6.07, 6.45) is 4.88. The highest BCUT2D eigenvalue weighted by atomic mass is 32.2. The van der Waals surface area contributed by atoms with Crippen LogP contribution in [-0.4, -0.2) is 54.0 Å². The van der Waals surface area contributed by atoms with Crippen LogP contribution in [0.2, 0.25) is 0 Å². The van der Waals surface area contributed by atoms with Gasteiger partial charge in [-0.15, -0.1) is 0 Å². The van der Waals surface area contributed by atoms with Crippen LogP contribution in [0.15, 0.2) is 70.3 Å². The molecular formula is C39H48N2O6S. The number of ketones is 1. The number of hydrogen-bond donors (Lipinski definition) is 3. The van der Waals surface area contributed by atoms with E-state index < -0.39 is 10.1 Å². The van der Waals surface area contributed by atoms with Crippen molar-refractivity contribution in [2.45, 2.75) is 80.1 Å². The van der Waals surface area contributed by atoms with Crippen molar-refractivity contribution in [2.75, 3.05) is 24.2 Å². The molecule has 0 atom stereocenters. The van der Waals surface area contributed by atoms with Crippen LogP contribution in [0, 0.1) is 20.8 Å². The summed E-state index contributed by atoms with van der Waals surface area (Å²) in [6.45, 7) is 12.4. The first kappa shape index (κ1) is 36.6. The lowest BCUT2D eigenvalue weighted by Gasteiger charge is -2.22. The Hall–Kier alpha value is -4.21. The molecule has 256 valence electrons. The summed E-state index contributed by atoms with van der Waals surface area (Å²) in [7, 11) is -2.03. The molecule has 3 N–H and O–H groups in total. The summed E-state index contributed by atoms with van der Waals surface area (Å²) < 4.78 is 31.0. The van der Waals surface area contributed by atoms with Crippen molar-refractivity contribution in [3.63, 3.8) is 0 Å². The van der Waals surface area contributed by atoms with Gasteiger partial charge >= 0.3 is 0 Å². The summed E-state index contributed by atoms with van der Waals surface area (Å²) in [5, 5.41) is 21.8. The fraction of sp³-hybridized carbons (Fsp3) is 0.385. The molecule has 4 rings (SSSR count). The van der Waals surface area contributed by atoms with Crippen molar-refractivity contribution in [2.24, 2.45) is 4.99 Å². The molecule has 0 bridgehead atoms. The number of rotatable bonds is 13. The number of carbonyl (C=O) groups is 1. The van der Waals surface area contributed by atoms with Gasteiger partial charge in [0.25, 0.3) is 10.1 Å². The number of allylic oxidation sites excluding steroid dienone is 4. The lowest BCUT2D eigenvalue weighted by Crippen LogP contribution is -2.21. The first-order valence-electron chi connectivity index (χ1n) is 16.6. The smallest absolute Gasteiger partial charge is 0.264 e. The Bertz CT molecular complexity index is 1900. The zero-order chi connectivity index (χ0) is 35.3. The summed E-state index contributed by atoms with van der Waals surface area (Å²) in [4.78, 5) is 21.2. The van der Waals surface area contributed by atoms with Crippen LogP contribution in [0.4, 0.5) is 11.4 Å². The number of nitrogens with zero attached hydrogens (tertiary/aromatic N) is 2. The van der Waals surface area contributed by atoms with Crippen molar-refractivity contribution in [3.05, 3.63) is 104 Å². The van der Waals surface area contributed by atoms with E-state index in [1.807, 2.05) is 102 Å². The zero-order valence-electron chi connectivity index (χ0n) is 29.1. The number of phenols is 2. The van der Waals surface area contributed by atoms with E-state index in [0.29, 0.717) is 72.5 Å². The topological polar surface area (TPSA) is 128 Å². The average Bonchev–Trinajstić information content (AvgIpc) is 3.03. The lowest BCUT2D eigenvalue weighted by atomic mass is 9.82. The van der Waals surface area contributed by atoms with Crippen LogP contribution in [-0.2, 0) is 40.6 Å².